The molecule has 0 aliphatic carbocycles. The van der Waals surface area contributed by atoms with Gasteiger partial charge in [0.05, 0.1) is 13.2 Å². The van der Waals surface area contributed by atoms with Crippen molar-refractivity contribution in [2.75, 3.05) is 52.5 Å². The lowest BCUT2D eigenvalue weighted by Crippen LogP contribution is -2.41. The number of likely N-dealkylation sites (tertiary alicyclic amines) is 1. The van der Waals surface area contributed by atoms with Crippen LogP contribution >= 0.6 is 0 Å². The van der Waals surface area contributed by atoms with E-state index >= 15 is 0 Å². The topological polar surface area (TPSA) is 35.9 Å². The van der Waals surface area contributed by atoms with Crippen LogP contribution in [0.1, 0.15) is 5.56 Å². The van der Waals surface area contributed by atoms with Crippen molar-refractivity contribution in [3.8, 4) is 0 Å². The quantitative estimate of drug-likeness (QED) is 0.886. The lowest BCUT2D eigenvalue weighted by molar-refractivity contribution is 0.0264. The van der Waals surface area contributed by atoms with E-state index in [0.29, 0.717) is 18.0 Å². The predicted molar refractivity (Wildman–Crippen MR) is 83.0 cm³/mol. The minimum atomic E-state index is -0.550. The van der Waals surface area contributed by atoms with Crippen molar-refractivity contribution in [1.82, 2.24) is 9.80 Å². The van der Waals surface area contributed by atoms with Gasteiger partial charge < -0.3 is 9.84 Å². The van der Waals surface area contributed by atoms with Crippen molar-refractivity contribution in [3.05, 3.63) is 35.4 Å². The van der Waals surface area contributed by atoms with Crippen molar-refractivity contribution in [2.45, 2.75) is 6.54 Å². The Morgan fingerprint density at radius 3 is 2.52 bits per heavy atom. The Morgan fingerprint density at radius 2 is 1.83 bits per heavy atom. The fourth-order valence-corrected chi connectivity index (χ4v) is 3.58. The molecular formula is C17H24F2N2O2. The maximum atomic E-state index is 13.8. The number of morpholine rings is 1. The smallest absolute Gasteiger partial charge is 0.130 e. The molecule has 0 saturated carbocycles. The average Bonchev–Trinajstić information content (AvgIpc) is 2.93. The Morgan fingerprint density at radius 1 is 1.09 bits per heavy atom. The molecule has 2 fully saturated rings. The van der Waals surface area contributed by atoms with Crippen molar-refractivity contribution in [2.24, 2.45) is 11.8 Å². The van der Waals surface area contributed by atoms with E-state index in [9.17, 15) is 13.9 Å². The molecule has 0 aromatic heterocycles. The third kappa shape index (κ3) is 4.26. The highest BCUT2D eigenvalue weighted by atomic mass is 19.1. The summed E-state index contributed by atoms with van der Waals surface area (Å²) in [6.45, 7) is 6.53. The van der Waals surface area contributed by atoms with Gasteiger partial charge in [0.15, 0.2) is 0 Å². The average molecular weight is 326 g/mol. The maximum absolute atomic E-state index is 13.8. The second kappa shape index (κ2) is 7.66. The van der Waals surface area contributed by atoms with Crippen LogP contribution in [0, 0.1) is 23.5 Å². The molecule has 0 radical (unpaired) electrons. The molecule has 23 heavy (non-hydrogen) atoms. The maximum Gasteiger partial charge on any atom is 0.130 e. The molecule has 0 amide bonds. The SMILES string of the molecule is OC[C@H]1CN(Cc2ccc(F)cc2F)C[C@H]1CN1CCOCC1. The van der Waals surface area contributed by atoms with Gasteiger partial charge in [0.1, 0.15) is 11.6 Å². The summed E-state index contributed by atoms with van der Waals surface area (Å²) in [4.78, 5) is 4.53. The highest BCUT2D eigenvalue weighted by Gasteiger charge is 2.33. The van der Waals surface area contributed by atoms with E-state index in [1.54, 1.807) is 0 Å². The van der Waals surface area contributed by atoms with Gasteiger partial charge in [-0.05, 0) is 17.9 Å². The summed E-state index contributed by atoms with van der Waals surface area (Å²) in [6, 6.07) is 3.73. The molecule has 0 spiro atoms. The van der Waals surface area contributed by atoms with Gasteiger partial charge in [-0.15, -0.1) is 0 Å². The summed E-state index contributed by atoms with van der Waals surface area (Å²) in [6.07, 6.45) is 0. The number of hydrogen-bond donors (Lipinski definition) is 1. The van der Waals surface area contributed by atoms with Crippen molar-refractivity contribution >= 4 is 0 Å². The number of hydrogen-bond acceptors (Lipinski definition) is 4. The van der Waals surface area contributed by atoms with Crippen LogP contribution in [0.5, 0.6) is 0 Å². The van der Waals surface area contributed by atoms with Crippen molar-refractivity contribution in [3.63, 3.8) is 0 Å². The molecule has 2 heterocycles. The first-order valence-electron chi connectivity index (χ1n) is 8.23. The molecule has 6 heteroatoms. The summed E-state index contributed by atoms with van der Waals surface area (Å²) in [5, 5.41) is 9.65. The van der Waals surface area contributed by atoms with E-state index in [2.05, 4.69) is 9.80 Å². The van der Waals surface area contributed by atoms with Crippen molar-refractivity contribution in [1.29, 1.82) is 0 Å². The minimum absolute atomic E-state index is 0.150. The molecule has 0 unspecified atom stereocenters. The Kier molecular flexibility index (Phi) is 5.58. The van der Waals surface area contributed by atoms with E-state index in [4.69, 9.17) is 4.74 Å². The van der Waals surface area contributed by atoms with Crippen LogP contribution in [0.25, 0.3) is 0 Å². The van der Waals surface area contributed by atoms with E-state index in [-0.39, 0.29) is 12.5 Å². The molecule has 1 aromatic carbocycles. The largest absolute Gasteiger partial charge is 0.396 e. The standard InChI is InChI=1S/C17H24F2N2O2/c18-16-2-1-13(17(19)7-16)8-21-10-14(15(11-21)12-22)9-20-3-5-23-6-4-20/h1-2,7,14-15,22H,3-6,8-12H2/t14-,15-/m1/s1. The number of aliphatic hydroxyl groups excluding tert-OH is 1. The third-order valence-electron chi connectivity index (χ3n) is 4.89. The fraction of sp³-hybridized carbons (Fsp3) is 0.647. The molecular weight excluding hydrogens is 302 g/mol. The Hall–Kier alpha value is -1.08. The number of ether oxygens (including phenoxy) is 1. The van der Waals surface area contributed by atoms with E-state index < -0.39 is 11.6 Å². The molecule has 2 aliphatic rings. The Labute approximate surface area is 135 Å². The summed E-state index contributed by atoms with van der Waals surface area (Å²) in [7, 11) is 0. The van der Waals surface area contributed by atoms with E-state index in [1.807, 2.05) is 0 Å². The van der Waals surface area contributed by atoms with Gasteiger partial charge in [-0.1, -0.05) is 6.07 Å². The molecule has 2 atom stereocenters. The lowest BCUT2D eigenvalue weighted by atomic mass is 9.96. The van der Waals surface area contributed by atoms with Crippen LogP contribution in [0.4, 0.5) is 8.78 Å². The van der Waals surface area contributed by atoms with Gasteiger partial charge >= 0.3 is 0 Å². The predicted octanol–water partition coefficient (Wildman–Crippen LogP) is 1.34. The lowest BCUT2D eigenvalue weighted by Gasteiger charge is -2.30. The normalized spacial score (nSPS) is 26.7. The number of rotatable bonds is 5. The zero-order valence-corrected chi connectivity index (χ0v) is 13.3. The number of aliphatic hydroxyl groups is 1. The van der Waals surface area contributed by atoms with Gasteiger partial charge in [-0.2, -0.15) is 0 Å². The van der Waals surface area contributed by atoms with Crippen LogP contribution in [-0.4, -0.2) is 67.5 Å². The van der Waals surface area contributed by atoms with Crippen molar-refractivity contribution < 1.29 is 18.6 Å². The fourth-order valence-electron chi connectivity index (χ4n) is 3.58. The summed E-state index contributed by atoms with van der Waals surface area (Å²) in [5.74, 6) is -0.462. The molecule has 1 N–H and O–H groups in total. The zero-order chi connectivity index (χ0) is 16.2. The molecule has 4 nitrogen and oxygen atoms in total. The number of benzene rings is 1. The molecule has 3 rings (SSSR count). The van der Waals surface area contributed by atoms with E-state index in [0.717, 1.165) is 52.0 Å². The molecule has 2 saturated heterocycles. The monoisotopic (exact) mass is 326 g/mol. The first-order valence-corrected chi connectivity index (χ1v) is 8.23. The van der Waals surface area contributed by atoms with Crippen LogP contribution in [0.3, 0.4) is 0 Å². The summed E-state index contributed by atoms with van der Waals surface area (Å²) >= 11 is 0. The molecule has 1 aromatic rings. The van der Waals surface area contributed by atoms with Gasteiger partial charge in [0, 0.05) is 57.5 Å². The Bertz CT molecular complexity index is 523. The second-order valence-corrected chi connectivity index (χ2v) is 6.55. The van der Waals surface area contributed by atoms with Gasteiger partial charge in [-0.3, -0.25) is 9.80 Å². The van der Waals surface area contributed by atoms with E-state index in [1.165, 1.54) is 12.1 Å². The van der Waals surface area contributed by atoms with Gasteiger partial charge in [0.2, 0.25) is 0 Å². The van der Waals surface area contributed by atoms with Crippen LogP contribution in [0.15, 0.2) is 18.2 Å². The second-order valence-electron chi connectivity index (χ2n) is 6.55. The summed E-state index contributed by atoms with van der Waals surface area (Å²) in [5.41, 5.74) is 0.509. The summed E-state index contributed by atoms with van der Waals surface area (Å²) < 4.78 is 32.2. The highest BCUT2D eigenvalue weighted by molar-refractivity contribution is 5.18. The number of halogens is 2. The van der Waals surface area contributed by atoms with Gasteiger partial charge in [-0.25, -0.2) is 8.78 Å². The Balaban J connectivity index is 1.59. The molecule has 128 valence electrons. The first kappa shape index (κ1) is 16.8. The molecule has 2 aliphatic heterocycles. The highest BCUT2D eigenvalue weighted by Crippen LogP contribution is 2.26. The van der Waals surface area contributed by atoms with Crippen LogP contribution in [0.2, 0.25) is 0 Å². The van der Waals surface area contributed by atoms with Gasteiger partial charge in [0.25, 0.3) is 0 Å². The minimum Gasteiger partial charge on any atom is -0.396 e. The zero-order valence-electron chi connectivity index (χ0n) is 13.3. The van der Waals surface area contributed by atoms with Crippen LogP contribution < -0.4 is 0 Å². The van der Waals surface area contributed by atoms with Crippen LogP contribution in [-0.2, 0) is 11.3 Å². The third-order valence-corrected chi connectivity index (χ3v) is 4.89. The number of nitrogens with zero attached hydrogens (tertiary/aromatic N) is 2. The molecule has 0 bridgehead atoms. The first-order chi connectivity index (χ1) is 11.2.